The lowest BCUT2D eigenvalue weighted by molar-refractivity contribution is -0.384. The number of hydrogen-bond acceptors (Lipinski definition) is 8. The highest BCUT2D eigenvalue weighted by atomic mass is 16.6. The van der Waals surface area contributed by atoms with Gasteiger partial charge in [0.15, 0.2) is 6.61 Å². The van der Waals surface area contributed by atoms with Gasteiger partial charge < -0.3 is 14.0 Å². The van der Waals surface area contributed by atoms with E-state index in [-0.39, 0.29) is 29.5 Å². The van der Waals surface area contributed by atoms with Crippen molar-refractivity contribution in [3.05, 3.63) is 69.6 Å². The summed E-state index contributed by atoms with van der Waals surface area (Å²) in [6, 6.07) is 11.4. The van der Waals surface area contributed by atoms with Crippen molar-refractivity contribution >= 4 is 11.7 Å². The van der Waals surface area contributed by atoms with Crippen molar-refractivity contribution in [1.82, 2.24) is 10.1 Å². The van der Waals surface area contributed by atoms with Crippen molar-refractivity contribution in [2.75, 3.05) is 7.11 Å². The van der Waals surface area contributed by atoms with E-state index in [1.54, 1.807) is 0 Å². The Kier molecular flexibility index (Phi) is 5.87. The topological polar surface area (TPSA) is 118 Å². The molecule has 29 heavy (non-hydrogen) atoms. The van der Waals surface area contributed by atoms with Crippen LogP contribution in [0.5, 0.6) is 5.75 Å². The second-order valence-corrected chi connectivity index (χ2v) is 6.51. The normalized spacial score (nSPS) is 10.8. The molecule has 0 bridgehead atoms. The van der Waals surface area contributed by atoms with E-state index in [0.717, 1.165) is 11.6 Å². The zero-order valence-corrected chi connectivity index (χ0v) is 16.1. The summed E-state index contributed by atoms with van der Waals surface area (Å²) in [6.45, 7) is 3.93. The maximum absolute atomic E-state index is 12.3. The number of non-ortho nitro benzene ring substituents is 1. The predicted molar refractivity (Wildman–Crippen MR) is 103 cm³/mol. The summed E-state index contributed by atoms with van der Waals surface area (Å²) in [7, 11) is 1.35. The van der Waals surface area contributed by atoms with Gasteiger partial charge in [0.05, 0.1) is 12.0 Å². The average Bonchev–Trinajstić information content (AvgIpc) is 3.20. The van der Waals surface area contributed by atoms with Crippen LogP contribution in [0.4, 0.5) is 5.69 Å². The first-order valence-electron chi connectivity index (χ1n) is 8.81. The van der Waals surface area contributed by atoms with Crippen LogP contribution in [0.2, 0.25) is 0 Å². The van der Waals surface area contributed by atoms with Crippen LogP contribution in [0.3, 0.4) is 0 Å². The van der Waals surface area contributed by atoms with Gasteiger partial charge in [0.25, 0.3) is 11.6 Å². The van der Waals surface area contributed by atoms with Crippen LogP contribution < -0.4 is 4.74 Å². The Morgan fingerprint density at radius 3 is 2.55 bits per heavy atom. The Morgan fingerprint density at radius 2 is 1.93 bits per heavy atom. The van der Waals surface area contributed by atoms with E-state index in [0.29, 0.717) is 11.7 Å². The Hall–Kier alpha value is -3.75. The highest BCUT2D eigenvalue weighted by molar-refractivity contribution is 5.93. The summed E-state index contributed by atoms with van der Waals surface area (Å²) in [5, 5.41) is 14.8. The Labute approximate surface area is 166 Å². The van der Waals surface area contributed by atoms with Crippen LogP contribution in [0.15, 0.2) is 47.0 Å². The zero-order valence-electron chi connectivity index (χ0n) is 16.1. The molecule has 0 atom stereocenters. The van der Waals surface area contributed by atoms with E-state index in [1.807, 2.05) is 24.3 Å². The lowest BCUT2D eigenvalue weighted by Crippen LogP contribution is -2.08. The molecule has 2 aromatic carbocycles. The second-order valence-electron chi connectivity index (χ2n) is 6.51. The number of esters is 1. The van der Waals surface area contributed by atoms with Crippen molar-refractivity contribution in [1.29, 1.82) is 0 Å². The molecule has 9 heteroatoms. The van der Waals surface area contributed by atoms with Gasteiger partial charge in [-0.1, -0.05) is 43.3 Å². The van der Waals surface area contributed by atoms with Gasteiger partial charge in [-0.15, -0.1) is 0 Å². The van der Waals surface area contributed by atoms with Gasteiger partial charge in [-0.05, 0) is 17.5 Å². The van der Waals surface area contributed by atoms with Crippen LogP contribution in [-0.2, 0) is 11.3 Å². The van der Waals surface area contributed by atoms with E-state index in [2.05, 4.69) is 24.0 Å². The van der Waals surface area contributed by atoms with Gasteiger partial charge in [0, 0.05) is 17.7 Å². The SMILES string of the molecule is COc1ccc([N+](=O)[O-])cc1C(=O)OCc1nc(-c2ccc(C(C)C)cc2)no1. The van der Waals surface area contributed by atoms with Crippen LogP contribution in [0.25, 0.3) is 11.4 Å². The molecular formula is C20H19N3O6. The summed E-state index contributed by atoms with van der Waals surface area (Å²) in [6.07, 6.45) is 0. The lowest BCUT2D eigenvalue weighted by Gasteiger charge is -2.07. The van der Waals surface area contributed by atoms with Crippen LogP contribution in [0.1, 0.15) is 41.6 Å². The number of carbonyl (C=O) groups excluding carboxylic acids is 1. The molecule has 0 aliphatic rings. The molecule has 3 rings (SSSR count). The van der Waals surface area contributed by atoms with E-state index in [9.17, 15) is 14.9 Å². The van der Waals surface area contributed by atoms with Crippen LogP contribution in [-0.4, -0.2) is 28.1 Å². The molecule has 0 radical (unpaired) electrons. The number of carbonyl (C=O) groups is 1. The third-order valence-electron chi connectivity index (χ3n) is 4.24. The summed E-state index contributed by atoms with van der Waals surface area (Å²) >= 11 is 0. The molecule has 0 amide bonds. The summed E-state index contributed by atoms with van der Waals surface area (Å²) in [5.41, 5.74) is 1.65. The van der Waals surface area contributed by atoms with E-state index < -0.39 is 10.9 Å². The van der Waals surface area contributed by atoms with Gasteiger partial charge in [0.1, 0.15) is 11.3 Å². The number of aromatic nitrogens is 2. The minimum atomic E-state index is -0.799. The standard InChI is InChI=1S/C20H19N3O6/c1-12(2)13-4-6-14(7-5-13)19-21-18(29-22-19)11-28-20(24)16-10-15(23(25)26)8-9-17(16)27-3/h4-10,12H,11H2,1-3H3. The Balaban J connectivity index is 1.70. The number of benzene rings is 2. The Morgan fingerprint density at radius 1 is 1.21 bits per heavy atom. The van der Waals surface area contributed by atoms with Gasteiger partial charge in [-0.25, -0.2) is 4.79 Å². The molecule has 0 fully saturated rings. The van der Waals surface area contributed by atoms with Gasteiger partial charge in [-0.2, -0.15) is 4.98 Å². The molecule has 1 aromatic heterocycles. The fourth-order valence-corrected chi connectivity index (χ4v) is 2.62. The largest absolute Gasteiger partial charge is 0.496 e. The molecule has 0 saturated heterocycles. The van der Waals surface area contributed by atoms with Gasteiger partial charge in [-0.3, -0.25) is 10.1 Å². The molecule has 0 aliphatic carbocycles. The van der Waals surface area contributed by atoms with Crippen LogP contribution >= 0.6 is 0 Å². The minimum absolute atomic E-state index is 0.0642. The van der Waals surface area contributed by atoms with Crippen molar-refractivity contribution in [3.8, 4) is 17.1 Å². The molecule has 0 N–H and O–H groups in total. The van der Waals surface area contributed by atoms with E-state index in [4.69, 9.17) is 14.0 Å². The number of ether oxygens (including phenoxy) is 2. The molecule has 0 spiro atoms. The fourth-order valence-electron chi connectivity index (χ4n) is 2.62. The highest BCUT2D eigenvalue weighted by Crippen LogP contribution is 2.25. The molecule has 0 aliphatic heterocycles. The Bertz CT molecular complexity index is 1030. The quantitative estimate of drug-likeness (QED) is 0.332. The summed E-state index contributed by atoms with van der Waals surface area (Å²) in [5.74, 6) is 0.253. The maximum Gasteiger partial charge on any atom is 0.342 e. The third kappa shape index (κ3) is 4.57. The number of hydrogen-bond donors (Lipinski definition) is 0. The lowest BCUT2D eigenvalue weighted by atomic mass is 10.0. The fraction of sp³-hybridized carbons (Fsp3) is 0.250. The smallest absolute Gasteiger partial charge is 0.342 e. The molecule has 0 saturated carbocycles. The molecule has 9 nitrogen and oxygen atoms in total. The van der Waals surface area contributed by atoms with E-state index >= 15 is 0 Å². The number of nitrogens with zero attached hydrogens (tertiary/aromatic N) is 3. The highest BCUT2D eigenvalue weighted by Gasteiger charge is 2.20. The second kappa shape index (κ2) is 8.51. The van der Waals surface area contributed by atoms with Gasteiger partial charge in [0.2, 0.25) is 5.82 Å². The first-order chi connectivity index (χ1) is 13.9. The number of methoxy groups -OCH3 is 1. The van der Waals surface area contributed by atoms with Crippen molar-refractivity contribution in [2.24, 2.45) is 0 Å². The molecular weight excluding hydrogens is 378 g/mol. The van der Waals surface area contributed by atoms with Gasteiger partial charge >= 0.3 is 5.97 Å². The average molecular weight is 397 g/mol. The van der Waals surface area contributed by atoms with E-state index in [1.165, 1.54) is 24.8 Å². The molecule has 150 valence electrons. The van der Waals surface area contributed by atoms with Crippen molar-refractivity contribution in [3.63, 3.8) is 0 Å². The predicted octanol–water partition coefficient (Wildman–Crippen LogP) is 4.13. The molecule has 1 heterocycles. The maximum atomic E-state index is 12.3. The van der Waals surface area contributed by atoms with Crippen molar-refractivity contribution < 1.29 is 23.7 Å². The zero-order chi connectivity index (χ0) is 21.0. The van der Waals surface area contributed by atoms with Crippen molar-refractivity contribution in [2.45, 2.75) is 26.4 Å². The first kappa shape index (κ1) is 20.0. The summed E-state index contributed by atoms with van der Waals surface area (Å²) < 4.78 is 15.3. The first-order valence-corrected chi connectivity index (χ1v) is 8.81. The monoisotopic (exact) mass is 397 g/mol. The number of nitro benzene ring substituents is 1. The summed E-state index contributed by atoms with van der Waals surface area (Å²) in [4.78, 5) is 26.9. The molecule has 3 aromatic rings. The number of nitro groups is 1. The minimum Gasteiger partial charge on any atom is -0.496 e. The molecule has 0 unspecified atom stereocenters. The van der Waals surface area contributed by atoms with Crippen LogP contribution in [0, 0.1) is 10.1 Å². The third-order valence-corrected chi connectivity index (χ3v) is 4.24. The number of rotatable bonds is 7.